The summed E-state index contributed by atoms with van der Waals surface area (Å²) in [6.07, 6.45) is 0.677. The molecule has 2 heterocycles. The van der Waals surface area contributed by atoms with Crippen LogP contribution in [0.25, 0.3) is 0 Å². The molecule has 0 radical (unpaired) electrons. The van der Waals surface area contributed by atoms with E-state index in [9.17, 15) is 8.78 Å². The lowest BCUT2D eigenvalue weighted by Gasteiger charge is -2.44. The van der Waals surface area contributed by atoms with Crippen LogP contribution in [-0.2, 0) is 4.74 Å². The third kappa shape index (κ3) is 2.52. The highest BCUT2D eigenvalue weighted by Gasteiger charge is 2.41. The van der Waals surface area contributed by atoms with Crippen LogP contribution in [0.3, 0.4) is 0 Å². The maximum absolute atomic E-state index is 12.9. The predicted octanol–water partition coefficient (Wildman–Crippen LogP) is 1.22. The average molecular weight is 234 g/mol. The summed E-state index contributed by atoms with van der Waals surface area (Å²) in [5.41, 5.74) is 4.48. The molecule has 5 heteroatoms. The second-order valence-electron chi connectivity index (χ2n) is 4.95. The van der Waals surface area contributed by atoms with Gasteiger partial charge < -0.3 is 10.5 Å². The van der Waals surface area contributed by atoms with E-state index in [1.807, 2.05) is 0 Å². The molecule has 0 saturated carbocycles. The largest absolute Gasteiger partial charge is 0.381 e. The Morgan fingerprint density at radius 3 is 2.62 bits per heavy atom. The van der Waals surface area contributed by atoms with Gasteiger partial charge in [-0.3, -0.25) is 4.90 Å². The molecule has 2 aliphatic heterocycles. The monoisotopic (exact) mass is 234 g/mol. The van der Waals surface area contributed by atoms with Gasteiger partial charge >= 0.3 is 0 Å². The average Bonchev–Trinajstić information content (AvgIpc) is 2.30. The minimum absolute atomic E-state index is 0.329. The van der Waals surface area contributed by atoms with Crippen LogP contribution < -0.4 is 5.73 Å². The van der Waals surface area contributed by atoms with Crippen molar-refractivity contribution in [1.82, 2.24) is 4.90 Å². The van der Waals surface area contributed by atoms with E-state index >= 15 is 0 Å². The van der Waals surface area contributed by atoms with Crippen molar-refractivity contribution in [2.45, 2.75) is 43.7 Å². The number of likely N-dealkylation sites (tertiary alicyclic amines) is 1. The van der Waals surface area contributed by atoms with Gasteiger partial charge in [0.05, 0.1) is 5.54 Å². The lowest BCUT2D eigenvalue weighted by molar-refractivity contribution is -0.0300. The summed E-state index contributed by atoms with van der Waals surface area (Å²) in [5, 5.41) is 0. The first-order chi connectivity index (χ1) is 7.62. The SMILES string of the molecule is NC1(C(F)F)CCCN(C2CCOCC2)C1. The number of halogens is 2. The van der Waals surface area contributed by atoms with Gasteiger partial charge in [0, 0.05) is 25.8 Å². The van der Waals surface area contributed by atoms with Crippen LogP contribution in [0.4, 0.5) is 8.78 Å². The van der Waals surface area contributed by atoms with Gasteiger partial charge in [0.2, 0.25) is 0 Å². The number of piperidine rings is 1. The summed E-state index contributed by atoms with van der Waals surface area (Å²) in [5.74, 6) is 0. The van der Waals surface area contributed by atoms with Gasteiger partial charge in [-0.15, -0.1) is 0 Å². The topological polar surface area (TPSA) is 38.5 Å². The summed E-state index contributed by atoms with van der Waals surface area (Å²) >= 11 is 0. The van der Waals surface area contributed by atoms with Crippen molar-refractivity contribution in [3.63, 3.8) is 0 Å². The highest BCUT2D eigenvalue weighted by molar-refractivity contribution is 4.95. The Labute approximate surface area is 94.9 Å². The zero-order valence-corrected chi connectivity index (χ0v) is 9.50. The van der Waals surface area contributed by atoms with Crippen LogP contribution in [0.2, 0.25) is 0 Å². The van der Waals surface area contributed by atoms with Gasteiger partial charge in [-0.05, 0) is 32.2 Å². The van der Waals surface area contributed by atoms with Gasteiger partial charge in [0.25, 0.3) is 6.43 Å². The zero-order valence-electron chi connectivity index (χ0n) is 9.50. The predicted molar refractivity (Wildman–Crippen MR) is 57.6 cm³/mol. The van der Waals surface area contributed by atoms with Crippen molar-refractivity contribution in [2.75, 3.05) is 26.3 Å². The summed E-state index contributed by atoms with van der Waals surface area (Å²) in [4.78, 5) is 2.14. The Balaban J connectivity index is 1.95. The molecule has 0 aliphatic carbocycles. The van der Waals surface area contributed by atoms with Crippen molar-refractivity contribution in [1.29, 1.82) is 0 Å². The lowest BCUT2D eigenvalue weighted by Crippen LogP contribution is -2.61. The van der Waals surface area contributed by atoms with Crippen LogP contribution >= 0.6 is 0 Å². The number of nitrogens with zero attached hydrogens (tertiary/aromatic N) is 1. The van der Waals surface area contributed by atoms with Crippen LogP contribution in [0.15, 0.2) is 0 Å². The number of rotatable bonds is 2. The number of nitrogens with two attached hydrogens (primary N) is 1. The van der Waals surface area contributed by atoms with E-state index in [1.165, 1.54) is 0 Å². The molecule has 2 aliphatic rings. The molecule has 0 spiro atoms. The van der Waals surface area contributed by atoms with E-state index < -0.39 is 12.0 Å². The first kappa shape index (κ1) is 12.2. The number of hydrogen-bond donors (Lipinski definition) is 1. The van der Waals surface area contributed by atoms with Gasteiger partial charge in [0.15, 0.2) is 0 Å². The molecule has 2 rings (SSSR count). The third-order valence-electron chi connectivity index (χ3n) is 3.73. The van der Waals surface area contributed by atoms with E-state index in [2.05, 4.69) is 4.90 Å². The fourth-order valence-electron chi connectivity index (χ4n) is 2.69. The third-order valence-corrected chi connectivity index (χ3v) is 3.73. The van der Waals surface area contributed by atoms with Gasteiger partial charge in [-0.25, -0.2) is 8.78 Å². The van der Waals surface area contributed by atoms with Crippen LogP contribution in [-0.4, -0.2) is 49.2 Å². The second-order valence-corrected chi connectivity index (χ2v) is 4.95. The Morgan fingerprint density at radius 1 is 1.31 bits per heavy atom. The molecule has 1 unspecified atom stereocenters. The minimum atomic E-state index is -2.42. The molecule has 0 aromatic heterocycles. The van der Waals surface area contributed by atoms with E-state index in [-0.39, 0.29) is 0 Å². The van der Waals surface area contributed by atoms with Crippen LogP contribution in [0.5, 0.6) is 0 Å². The summed E-state index contributed by atoms with van der Waals surface area (Å²) in [6.45, 7) is 2.71. The van der Waals surface area contributed by atoms with Crippen molar-refractivity contribution in [3.05, 3.63) is 0 Å². The lowest BCUT2D eigenvalue weighted by atomic mass is 9.88. The highest BCUT2D eigenvalue weighted by atomic mass is 19.3. The van der Waals surface area contributed by atoms with Crippen molar-refractivity contribution in [2.24, 2.45) is 5.73 Å². The van der Waals surface area contributed by atoms with Gasteiger partial charge in [-0.2, -0.15) is 0 Å². The summed E-state index contributed by atoms with van der Waals surface area (Å²) in [6, 6.07) is 0.385. The molecule has 2 fully saturated rings. The molecular formula is C11H20F2N2O. The molecule has 16 heavy (non-hydrogen) atoms. The second kappa shape index (κ2) is 4.94. The molecule has 0 amide bonds. The molecule has 94 valence electrons. The van der Waals surface area contributed by atoms with Crippen molar-refractivity contribution >= 4 is 0 Å². The zero-order chi connectivity index (χ0) is 11.6. The van der Waals surface area contributed by atoms with E-state index in [0.717, 1.165) is 39.0 Å². The highest BCUT2D eigenvalue weighted by Crippen LogP contribution is 2.28. The van der Waals surface area contributed by atoms with E-state index in [4.69, 9.17) is 10.5 Å². The molecule has 1 atom stereocenters. The molecule has 0 aromatic carbocycles. The van der Waals surface area contributed by atoms with E-state index in [0.29, 0.717) is 19.0 Å². The quantitative estimate of drug-likeness (QED) is 0.781. The maximum Gasteiger partial charge on any atom is 0.257 e. The summed E-state index contributed by atoms with van der Waals surface area (Å²) < 4.78 is 31.0. The Morgan fingerprint density at radius 2 is 2.00 bits per heavy atom. The first-order valence-electron chi connectivity index (χ1n) is 6.01. The normalized spacial score (nSPS) is 34.5. The fraction of sp³-hybridized carbons (Fsp3) is 1.00. The molecule has 0 aromatic rings. The number of alkyl halides is 2. The molecular weight excluding hydrogens is 214 g/mol. The molecule has 3 nitrogen and oxygen atoms in total. The van der Waals surface area contributed by atoms with E-state index in [1.54, 1.807) is 0 Å². The summed E-state index contributed by atoms with van der Waals surface area (Å²) in [7, 11) is 0. The maximum atomic E-state index is 12.9. The molecule has 2 N–H and O–H groups in total. The van der Waals surface area contributed by atoms with Gasteiger partial charge in [-0.1, -0.05) is 0 Å². The fourth-order valence-corrected chi connectivity index (χ4v) is 2.69. The Kier molecular flexibility index (Phi) is 3.77. The number of hydrogen-bond acceptors (Lipinski definition) is 3. The van der Waals surface area contributed by atoms with Crippen molar-refractivity contribution < 1.29 is 13.5 Å². The number of ether oxygens (including phenoxy) is 1. The van der Waals surface area contributed by atoms with Crippen molar-refractivity contribution in [3.8, 4) is 0 Å². The standard InChI is InChI=1S/C11H20F2N2O/c12-10(13)11(14)4-1-5-15(8-11)9-2-6-16-7-3-9/h9-10H,1-8,14H2. The van der Waals surface area contributed by atoms with Gasteiger partial charge in [0.1, 0.15) is 0 Å². The minimum Gasteiger partial charge on any atom is -0.381 e. The molecule has 0 bridgehead atoms. The van der Waals surface area contributed by atoms with Crippen LogP contribution in [0.1, 0.15) is 25.7 Å². The Hall–Kier alpha value is -0.260. The Bertz CT molecular complexity index is 234. The first-order valence-corrected chi connectivity index (χ1v) is 6.01. The smallest absolute Gasteiger partial charge is 0.257 e. The molecule has 2 saturated heterocycles. The van der Waals surface area contributed by atoms with Crippen LogP contribution in [0, 0.1) is 0 Å².